The number of nitrogens with one attached hydrogen (secondary N) is 1. The molecule has 0 radical (unpaired) electrons. The van der Waals surface area contributed by atoms with Gasteiger partial charge in [0.05, 0.1) is 28.6 Å². The van der Waals surface area contributed by atoms with E-state index in [1.54, 1.807) is 12.3 Å². The first-order valence-electron chi connectivity index (χ1n) is 7.77. The Morgan fingerprint density at radius 2 is 1.92 bits per heavy atom. The van der Waals surface area contributed by atoms with Gasteiger partial charge in [-0.05, 0) is 55.0 Å². The van der Waals surface area contributed by atoms with E-state index < -0.39 is 0 Å². The maximum absolute atomic E-state index is 12.8. The van der Waals surface area contributed by atoms with Crippen molar-refractivity contribution in [3.63, 3.8) is 0 Å². The van der Waals surface area contributed by atoms with Crippen molar-refractivity contribution < 1.29 is 4.79 Å². The Morgan fingerprint density at radius 3 is 2.72 bits per heavy atom. The van der Waals surface area contributed by atoms with Crippen molar-refractivity contribution in [3.8, 4) is 0 Å². The van der Waals surface area contributed by atoms with Crippen molar-refractivity contribution in [2.24, 2.45) is 0 Å². The molecule has 1 aliphatic rings. The van der Waals surface area contributed by atoms with E-state index in [1.165, 1.54) is 4.90 Å². The number of fused-ring (bicyclic) bond motifs is 1. The lowest BCUT2D eigenvalue weighted by atomic mass is 10.2. The molecule has 1 aromatic heterocycles. The Morgan fingerprint density at radius 1 is 1.12 bits per heavy atom. The van der Waals surface area contributed by atoms with E-state index in [2.05, 4.69) is 15.3 Å². The van der Waals surface area contributed by atoms with E-state index in [4.69, 9.17) is 12.2 Å². The number of anilines is 1. The molecule has 0 spiro atoms. The average molecular weight is 346 g/mol. The van der Waals surface area contributed by atoms with E-state index in [1.807, 2.05) is 55.5 Å². The molecule has 0 atom stereocenters. The second-order valence-electron chi connectivity index (χ2n) is 5.75. The molecule has 0 unspecified atom stereocenters. The molecule has 4 rings (SSSR count). The Kier molecular flexibility index (Phi) is 3.74. The maximum Gasteiger partial charge on any atom is 0.281 e. The molecule has 1 fully saturated rings. The van der Waals surface area contributed by atoms with E-state index in [0.717, 1.165) is 22.3 Å². The molecule has 1 amide bonds. The predicted octanol–water partition coefficient (Wildman–Crippen LogP) is 3.20. The second-order valence-corrected chi connectivity index (χ2v) is 6.14. The van der Waals surface area contributed by atoms with Crippen LogP contribution in [-0.4, -0.2) is 21.0 Å². The third kappa shape index (κ3) is 2.88. The Hall–Kier alpha value is -3.12. The molecule has 2 heterocycles. The number of aryl methyl sites for hydroxylation is 1. The summed E-state index contributed by atoms with van der Waals surface area (Å²) in [5.41, 5.74) is 4.38. The van der Waals surface area contributed by atoms with Gasteiger partial charge in [-0.15, -0.1) is 0 Å². The lowest BCUT2D eigenvalue weighted by molar-refractivity contribution is -0.113. The van der Waals surface area contributed by atoms with Gasteiger partial charge in [0, 0.05) is 0 Å². The zero-order valence-corrected chi connectivity index (χ0v) is 14.2. The summed E-state index contributed by atoms with van der Waals surface area (Å²) < 4.78 is 0. The molecule has 1 saturated heterocycles. The number of para-hydroxylation sites is 2. The molecule has 6 heteroatoms. The summed E-state index contributed by atoms with van der Waals surface area (Å²) in [5.74, 6) is -0.203. The van der Waals surface area contributed by atoms with Crippen molar-refractivity contribution >= 4 is 46.0 Å². The third-order valence-corrected chi connectivity index (χ3v) is 4.18. The molecule has 25 heavy (non-hydrogen) atoms. The number of hydrogen-bond acceptors (Lipinski definition) is 4. The Balaban J connectivity index is 1.69. The second kappa shape index (κ2) is 6.07. The first-order valence-corrected chi connectivity index (χ1v) is 8.18. The van der Waals surface area contributed by atoms with E-state index in [-0.39, 0.29) is 5.91 Å². The quantitative estimate of drug-likeness (QED) is 0.570. The van der Waals surface area contributed by atoms with Crippen LogP contribution in [0.5, 0.6) is 0 Å². The van der Waals surface area contributed by atoms with Crippen LogP contribution in [0.1, 0.15) is 11.3 Å². The highest BCUT2D eigenvalue weighted by Crippen LogP contribution is 2.23. The summed E-state index contributed by atoms with van der Waals surface area (Å²) in [6.45, 7) is 1.97. The fraction of sp³-hybridized carbons (Fsp3) is 0.0526. The minimum absolute atomic E-state index is 0.203. The van der Waals surface area contributed by atoms with Crippen LogP contribution in [0.4, 0.5) is 5.69 Å². The third-order valence-electron chi connectivity index (χ3n) is 3.90. The Bertz CT molecular complexity index is 1040. The van der Waals surface area contributed by atoms with Gasteiger partial charge in [0.25, 0.3) is 5.91 Å². The smallest absolute Gasteiger partial charge is 0.281 e. The number of rotatable bonds is 2. The van der Waals surface area contributed by atoms with E-state index >= 15 is 0 Å². The number of carbonyl (C=O) groups excluding carboxylic acids is 1. The molecule has 122 valence electrons. The van der Waals surface area contributed by atoms with Gasteiger partial charge in [0.2, 0.25) is 0 Å². The van der Waals surface area contributed by atoms with Gasteiger partial charge >= 0.3 is 0 Å². The predicted molar refractivity (Wildman–Crippen MR) is 102 cm³/mol. The SMILES string of the molecule is Cc1cccc(N2C(=O)C(=Cc3cnc4ccccc4n3)NC2=S)c1. The van der Waals surface area contributed by atoms with Crippen LogP contribution in [0.3, 0.4) is 0 Å². The lowest BCUT2D eigenvalue weighted by Gasteiger charge is -2.14. The number of hydrogen-bond donors (Lipinski definition) is 1. The van der Waals surface area contributed by atoms with Gasteiger partial charge < -0.3 is 5.32 Å². The number of benzene rings is 2. The zero-order chi connectivity index (χ0) is 17.4. The molecular weight excluding hydrogens is 332 g/mol. The normalized spacial score (nSPS) is 15.9. The van der Waals surface area contributed by atoms with E-state index in [9.17, 15) is 4.79 Å². The molecule has 0 aliphatic carbocycles. The van der Waals surface area contributed by atoms with Crippen LogP contribution >= 0.6 is 12.2 Å². The van der Waals surface area contributed by atoms with Crippen LogP contribution in [0.15, 0.2) is 60.4 Å². The number of nitrogens with zero attached hydrogens (tertiary/aromatic N) is 3. The summed E-state index contributed by atoms with van der Waals surface area (Å²) in [6.07, 6.45) is 3.31. The molecule has 5 nitrogen and oxygen atoms in total. The van der Waals surface area contributed by atoms with Gasteiger partial charge in [-0.25, -0.2) is 4.98 Å². The van der Waals surface area contributed by atoms with Crippen molar-refractivity contribution in [2.75, 3.05) is 4.90 Å². The molecule has 2 aromatic carbocycles. The topological polar surface area (TPSA) is 58.1 Å². The molecule has 3 aromatic rings. The van der Waals surface area contributed by atoms with Crippen molar-refractivity contribution in [1.29, 1.82) is 0 Å². The maximum atomic E-state index is 12.8. The van der Waals surface area contributed by atoms with Gasteiger partial charge in [-0.2, -0.15) is 0 Å². The van der Waals surface area contributed by atoms with Gasteiger partial charge in [0.15, 0.2) is 5.11 Å². The van der Waals surface area contributed by atoms with E-state index in [0.29, 0.717) is 16.5 Å². The van der Waals surface area contributed by atoms with Crippen LogP contribution in [0, 0.1) is 6.92 Å². The summed E-state index contributed by atoms with van der Waals surface area (Å²) in [7, 11) is 0. The van der Waals surface area contributed by atoms with Gasteiger partial charge in [-0.3, -0.25) is 14.7 Å². The van der Waals surface area contributed by atoms with Crippen molar-refractivity contribution in [3.05, 3.63) is 71.7 Å². The van der Waals surface area contributed by atoms with Crippen LogP contribution in [0.2, 0.25) is 0 Å². The molecule has 1 aliphatic heterocycles. The van der Waals surface area contributed by atoms with Gasteiger partial charge in [-0.1, -0.05) is 24.3 Å². The van der Waals surface area contributed by atoms with Crippen LogP contribution < -0.4 is 10.2 Å². The van der Waals surface area contributed by atoms with Crippen LogP contribution in [0.25, 0.3) is 17.1 Å². The standard InChI is InChI=1S/C19H14N4OS/c1-12-5-4-6-14(9-12)23-18(24)17(22-19(23)25)10-13-11-20-15-7-2-3-8-16(15)21-13/h2-11H,1H3,(H,22,25). The van der Waals surface area contributed by atoms with Crippen molar-refractivity contribution in [2.45, 2.75) is 6.92 Å². The largest absolute Gasteiger partial charge is 0.327 e. The number of thiocarbonyl (C=S) groups is 1. The first kappa shape index (κ1) is 15.4. The highest BCUT2D eigenvalue weighted by Gasteiger charge is 2.32. The lowest BCUT2D eigenvalue weighted by Crippen LogP contribution is -2.30. The minimum atomic E-state index is -0.203. The average Bonchev–Trinajstić information content (AvgIpc) is 2.88. The summed E-state index contributed by atoms with van der Waals surface area (Å²) >= 11 is 5.33. The minimum Gasteiger partial charge on any atom is -0.327 e. The summed E-state index contributed by atoms with van der Waals surface area (Å²) in [5, 5.41) is 3.33. The molecule has 0 saturated carbocycles. The fourth-order valence-electron chi connectivity index (χ4n) is 2.73. The molecular formula is C19H14N4OS. The van der Waals surface area contributed by atoms with Crippen molar-refractivity contribution in [1.82, 2.24) is 15.3 Å². The summed E-state index contributed by atoms with van der Waals surface area (Å²) in [6, 6.07) is 15.3. The van der Waals surface area contributed by atoms with Crippen LogP contribution in [-0.2, 0) is 4.79 Å². The molecule has 1 N–H and O–H groups in total. The highest BCUT2D eigenvalue weighted by molar-refractivity contribution is 7.80. The molecule has 0 bridgehead atoms. The number of aromatic nitrogens is 2. The first-order chi connectivity index (χ1) is 12.1. The highest BCUT2D eigenvalue weighted by atomic mass is 32.1. The van der Waals surface area contributed by atoms with Gasteiger partial charge in [0.1, 0.15) is 5.70 Å². The number of amides is 1. The summed E-state index contributed by atoms with van der Waals surface area (Å²) in [4.78, 5) is 23.1. The fourth-order valence-corrected chi connectivity index (χ4v) is 3.02. The monoisotopic (exact) mass is 346 g/mol. The zero-order valence-electron chi connectivity index (χ0n) is 13.4. The Labute approximate surface area is 150 Å². The number of carbonyl (C=O) groups is 1.